The molecule has 1 unspecified atom stereocenters. The van der Waals surface area contributed by atoms with Crippen LogP contribution in [0.15, 0.2) is 42.7 Å². The quantitative estimate of drug-likeness (QED) is 0.692. The van der Waals surface area contributed by atoms with Gasteiger partial charge in [-0.1, -0.05) is 17.7 Å². The number of pyridine rings is 1. The van der Waals surface area contributed by atoms with Crippen LogP contribution in [0.5, 0.6) is 0 Å². The SMILES string of the molecule is CC(C)n1c(C2CCN(C(=O)c3cccc(Cl)c3)C2)nc2ccncc21. The second kappa shape index (κ2) is 6.72. The number of hydrogen-bond donors (Lipinski definition) is 0. The molecule has 1 amide bonds. The average molecular weight is 369 g/mol. The molecule has 1 aliphatic rings. The topological polar surface area (TPSA) is 51.0 Å². The number of imidazole rings is 1. The number of amides is 1. The van der Waals surface area contributed by atoms with Crippen LogP contribution in [0.2, 0.25) is 5.02 Å². The van der Waals surface area contributed by atoms with Gasteiger partial charge in [-0.25, -0.2) is 4.98 Å². The molecule has 6 heteroatoms. The fourth-order valence-electron chi connectivity index (χ4n) is 3.75. The maximum Gasteiger partial charge on any atom is 0.253 e. The molecule has 0 N–H and O–H groups in total. The Labute approximate surface area is 157 Å². The van der Waals surface area contributed by atoms with E-state index in [4.69, 9.17) is 16.6 Å². The molecule has 0 spiro atoms. The Hall–Kier alpha value is -2.40. The van der Waals surface area contributed by atoms with Gasteiger partial charge in [0.05, 0.1) is 17.2 Å². The molecular weight excluding hydrogens is 348 g/mol. The zero-order valence-corrected chi connectivity index (χ0v) is 15.6. The van der Waals surface area contributed by atoms with E-state index in [1.807, 2.05) is 29.3 Å². The maximum absolute atomic E-state index is 12.8. The monoisotopic (exact) mass is 368 g/mol. The molecule has 1 atom stereocenters. The molecule has 1 aromatic carbocycles. The lowest BCUT2D eigenvalue weighted by molar-refractivity contribution is 0.0790. The Morgan fingerprint density at radius 1 is 1.31 bits per heavy atom. The normalized spacial score (nSPS) is 17.4. The molecule has 5 nitrogen and oxygen atoms in total. The lowest BCUT2D eigenvalue weighted by Gasteiger charge is -2.19. The number of fused-ring (bicyclic) bond motifs is 1. The van der Waals surface area contributed by atoms with Crippen LogP contribution in [-0.2, 0) is 0 Å². The van der Waals surface area contributed by atoms with Crippen molar-refractivity contribution in [3.63, 3.8) is 0 Å². The predicted octanol–water partition coefficient (Wildman–Crippen LogP) is 4.30. The number of likely N-dealkylation sites (tertiary alicyclic amines) is 1. The molecule has 26 heavy (non-hydrogen) atoms. The molecule has 4 rings (SSSR count). The molecule has 0 aliphatic carbocycles. The minimum absolute atomic E-state index is 0.0314. The molecule has 2 aromatic heterocycles. The predicted molar refractivity (Wildman–Crippen MR) is 103 cm³/mol. The van der Waals surface area contributed by atoms with E-state index in [0.29, 0.717) is 17.1 Å². The molecule has 1 aliphatic heterocycles. The first-order valence-electron chi connectivity index (χ1n) is 8.91. The number of hydrogen-bond acceptors (Lipinski definition) is 3. The summed E-state index contributed by atoms with van der Waals surface area (Å²) in [5, 5.41) is 0.584. The number of aromatic nitrogens is 3. The summed E-state index contributed by atoms with van der Waals surface area (Å²) in [6, 6.07) is 9.37. The average Bonchev–Trinajstić information content (AvgIpc) is 3.25. The van der Waals surface area contributed by atoms with Gasteiger partial charge in [0.15, 0.2) is 0 Å². The van der Waals surface area contributed by atoms with E-state index >= 15 is 0 Å². The van der Waals surface area contributed by atoms with Crippen LogP contribution in [-0.4, -0.2) is 38.4 Å². The van der Waals surface area contributed by atoms with Crippen molar-refractivity contribution < 1.29 is 4.79 Å². The lowest BCUT2D eigenvalue weighted by Crippen LogP contribution is -2.28. The van der Waals surface area contributed by atoms with Gasteiger partial charge < -0.3 is 9.47 Å². The molecule has 3 aromatic rings. The van der Waals surface area contributed by atoms with Crippen LogP contribution in [0.4, 0.5) is 0 Å². The minimum atomic E-state index is 0.0314. The molecule has 1 fully saturated rings. The van der Waals surface area contributed by atoms with Gasteiger partial charge in [-0.3, -0.25) is 9.78 Å². The smallest absolute Gasteiger partial charge is 0.253 e. The Kier molecular flexibility index (Phi) is 4.41. The van der Waals surface area contributed by atoms with Gasteiger partial charge in [0.1, 0.15) is 5.82 Å². The first-order chi connectivity index (χ1) is 12.5. The van der Waals surface area contributed by atoms with Crippen molar-refractivity contribution in [3.8, 4) is 0 Å². The first kappa shape index (κ1) is 17.0. The number of halogens is 1. The van der Waals surface area contributed by atoms with Gasteiger partial charge in [0, 0.05) is 41.8 Å². The highest BCUT2D eigenvalue weighted by Gasteiger charge is 2.32. The Bertz CT molecular complexity index is 965. The first-order valence-corrected chi connectivity index (χ1v) is 9.29. The number of rotatable bonds is 3. The van der Waals surface area contributed by atoms with Crippen LogP contribution < -0.4 is 0 Å². The van der Waals surface area contributed by atoms with Gasteiger partial charge in [-0.15, -0.1) is 0 Å². The van der Waals surface area contributed by atoms with Crippen molar-refractivity contribution in [1.82, 2.24) is 19.4 Å². The van der Waals surface area contributed by atoms with Crippen molar-refractivity contribution in [2.45, 2.75) is 32.2 Å². The second-order valence-corrected chi connectivity index (χ2v) is 7.48. The van der Waals surface area contributed by atoms with Crippen LogP contribution in [0.1, 0.15) is 48.4 Å². The summed E-state index contributed by atoms with van der Waals surface area (Å²) in [7, 11) is 0. The van der Waals surface area contributed by atoms with Crippen molar-refractivity contribution >= 4 is 28.5 Å². The van der Waals surface area contributed by atoms with Crippen molar-refractivity contribution in [1.29, 1.82) is 0 Å². The summed E-state index contributed by atoms with van der Waals surface area (Å²) in [5.41, 5.74) is 2.65. The largest absolute Gasteiger partial charge is 0.338 e. The molecule has 1 saturated heterocycles. The van der Waals surface area contributed by atoms with E-state index < -0.39 is 0 Å². The summed E-state index contributed by atoms with van der Waals surface area (Å²) in [5.74, 6) is 1.31. The summed E-state index contributed by atoms with van der Waals surface area (Å²) in [6.45, 7) is 5.72. The molecule has 0 radical (unpaired) electrons. The maximum atomic E-state index is 12.8. The van der Waals surface area contributed by atoms with E-state index in [2.05, 4.69) is 23.4 Å². The number of carbonyl (C=O) groups is 1. The van der Waals surface area contributed by atoms with Gasteiger partial charge in [0.25, 0.3) is 5.91 Å². The lowest BCUT2D eigenvalue weighted by atomic mass is 10.1. The fraction of sp³-hybridized carbons (Fsp3) is 0.350. The summed E-state index contributed by atoms with van der Waals surface area (Å²) >= 11 is 6.03. The highest BCUT2D eigenvalue weighted by molar-refractivity contribution is 6.30. The number of carbonyl (C=O) groups excluding carboxylic acids is 1. The molecule has 134 valence electrons. The third-order valence-electron chi connectivity index (χ3n) is 4.95. The number of benzene rings is 1. The summed E-state index contributed by atoms with van der Waals surface area (Å²) in [4.78, 5) is 23.8. The van der Waals surface area contributed by atoms with E-state index in [0.717, 1.165) is 29.8 Å². The van der Waals surface area contributed by atoms with Crippen molar-refractivity contribution in [2.75, 3.05) is 13.1 Å². The van der Waals surface area contributed by atoms with E-state index in [-0.39, 0.29) is 17.9 Å². The van der Waals surface area contributed by atoms with E-state index in [9.17, 15) is 4.79 Å². The second-order valence-electron chi connectivity index (χ2n) is 7.05. The molecule has 0 bridgehead atoms. The zero-order valence-electron chi connectivity index (χ0n) is 14.9. The third-order valence-corrected chi connectivity index (χ3v) is 5.18. The Balaban J connectivity index is 1.62. The van der Waals surface area contributed by atoms with Gasteiger partial charge in [0.2, 0.25) is 0 Å². The third kappa shape index (κ3) is 2.97. The highest BCUT2D eigenvalue weighted by atomic mass is 35.5. The zero-order chi connectivity index (χ0) is 18.3. The molecular formula is C20H21ClN4O. The van der Waals surface area contributed by atoms with Crippen LogP contribution in [0.3, 0.4) is 0 Å². The summed E-state index contributed by atoms with van der Waals surface area (Å²) < 4.78 is 2.25. The molecule has 3 heterocycles. The van der Waals surface area contributed by atoms with Crippen molar-refractivity contribution in [3.05, 3.63) is 59.1 Å². The minimum Gasteiger partial charge on any atom is -0.338 e. The fourth-order valence-corrected chi connectivity index (χ4v) is 3.94. The standard InChI is InChI=1S/C20H21ClN4O/c1-13(2)25-18-11-22-8-6-17(18)23-19(25)15-7-9-24(12-15)20(26)14-4-3-5-16(21)10-14/h3-6,8,10-11,13,15H,7,9,12H2,1-2H3. The van der Waals surface area contributed by atoms with Gasteiger partial charge in [-0.2, -0.15) is 0 Å². The van der Waals surface area contributed by atoms with Gasteiger partial charge in [-0.05, 0) is 44.5 Å². The van der Waals surface area contributed by atoms with E-state index in [1.165, 1.54) is 0 Å². The van der Waals surface area contributed by atoms with Gasteiger partial charge >= 0.3 is 0 Å². The van der Waals surface area contributed by atoms with Crippen molar-refractivity contribution in [2.24, 2.45) is 0 Å². The van der Waals surface area contributed by atoms with E-state index in [1.54, 1.807) is 18.3 Å². The number of nitrogens with zero attached hydrogens (tertiary/aromatic N) is 4. The van der Waals surface area contributed by atoms with Crippen LogP contribution >= 0.6 is 11.6 Å². The van der Waals surface area contributed by atoms with Crippen LogP contribution in [0, 0.1) is 0 Å². The van der Waals surface area contributed by atoms with Crippen LogP contribution in [0.25, 0.3) is 11.0 Å². The molecule has 0 saturated carbocycles. The highest BCUT2D eigenvalue weighted by Crippen LogP contribution is 2.32. The Morgan fingerprint density at radius 3 is 2.92 bits per heavy atom. The Morgan fingerprint density at radius 2 is 2.15 bits per heavy atom. The summed E-state index contributed by atoms with van der Waals surface area (Å²) in [6.07, 6.45) is 4.55.